The molecule has 0 aliphatic heterocycles. The number of rotatable bonds is 6. The second-order valence-corrected chi connectivity index (χ2v) is 7.44. The maximum absolute atomic E-state index is 12.6. The number of aryl methyl sites for hydroxylation is 1. The number of hydrogen-bond acceptors (Lipinski definition) is 3. The van der Waals surface area contributed by atoms with Gasteiger partial charge in [0.2, 0.25) is 0 Å². The molecule has 0 aromatic carbocycles. The van der Waals surface area contributed by atoms with Gasteiger partial charge in [0.05, 0.1) is 0 Å². The molecule has 0 aliphatic rings. The molecule has 1 heterocycles. The van der Waals surface area contributed by atoms with E-state index in [1.807, 2.05) is 27.7 Å². The van der Waals surface area contributed by atoms with Crippen LogP contribution in [-0.4, -0.2) is 36.4 Å². The van der Waals surface area contributed by atoms with Gasteiger partial charge in [0.25, 0.3) is 15.0 Å². The van der Waals surface area contributed by atoms with Gasteiger partial charge in [-0.2, -0.15) is 0 Å². The first-order valence-corrected chi connectivity index (χ1v) is 8.99. The Morgan fingerprint density at radius 1 is 1.40 bits per heavy atom. The molecule has 1 aromatic rings. The number of hydrogen-bond donors (Lipinski definition) is 0. The van der Waals surface area contributed by atoms with Crippen LogP contribution < -0.4 is 0 Å². The van der Waals surface area contributed by atoms with Gasteiger partial charge in [0.15, 0.2) is 0 Å². The summed E-state index contributed by atoms with van der Waals surface area (Å²) in [6.45, 7) is 8.86. The van der Waals surface area contributed by atoms with E-state index in [9.17, 15) is 13.2 Å². The highest BCUT2D eigenvalue weighted by Gasteiger charge is 2.24. The molecule has 1 rings (SSSR count). The van der Waals surface area contributed by atoms with Crippen molar-refractivity contribution in [1.82, 2.24) is 9.47 Å². The van der Waals surface area contributed by atoms with Crippen LogP contribution in [0.5, 0.6) is 0 Å². The van der Waals surface area contributed by atoms with Crippen molar-refractivity contribution in [2.45, 2.75) is 51.6 Å². The molecule has 1 amide bonds. The van der Waals surface area contributed by atoms with Gasteiger partial charge in [-0.05, 0) is 33.3 Å². The van der Waals surface area contributed by atoms with E-state index in [0.29, 0.717) is 18.8 Å². The summed E-state index contributed by atoms with van der Waals surface area (Å²) in [7, 11) is 1.52. The van der Waals surface area contributed by atoms with E-state index in [2.05, 4.69) is 0 Å². The first kappa shape index (κ1) is 17.0. The lowest BCUT2D eigenvalue weighted by Crippen LogP contribution is -2.38. The fourth-order valence-corrected chi connectivity index (χ4v) is 2.80. The van der Waals surface area contributed by atoms with Gasteiger partial charge in [-0.25, -0.2) is 8.42 Å². The largest absolute Gasteiger partial charge is 0.342 e. The summed E-state index contributed by atoms with van der Waals surface area (Å²) in [5, 5.41) is 0. The molecular formula is C13H21ClN2O3S. The molecule has 0 atom stereocenters. The molecule has 0 bridgehead atoms. The summed E-state index contributed by atoms with van der Waals surface area (Å²) in [6.07, 6.45) is 2.25. The van der Waals surface area contributed by atoms with E-state index in [-0.39, 0.29) is 16.8 Å². The topological polar surface area (TPSA) is 59.4 Å². The van der Waals surface area contributed by atoms with Gasteiger partial charge >= 0.3 is 0 Å². The lowest BCUT2D eigenvalue weighted by atomic mass is 10.2. The first-order chi connectivity index (χ1) is 9.22. The highest BCUT2D eigenvalue weighted by molar-refractivity contribution is 8.13. The number of aromatic nitrogens is 1. The fraction of sp³-hybridized carbons (Fsp3) is 0.615. The minimum Gasteiger partial charge on any atom is -0.342 e. The third kappa shape index (κ3) is 3.76. The number of carbonyl (C=O) groups excluding carboxylic acids is 1. The van der Waals surface area contributed by atoms with Crippen LogP contribution in [0.3, 0.4) is 0 Å². The standard InChI is InChI=1S/C13H21ClN2O3S/c1-5-7-16(10(3)4)13(17)12-8-11(20(14,18)19)9-15(12)6-2/h8-10H,5-7H2,1-4H3. The zero-order valence-corrected chi connectivity index (χ0v) is 13.8. The van der Waals surface area contributed by atoms with Crippen molar-refractivity contribution in [3.8, 4) is 0 Å². The Morgan fingerprint density at radius 2 is 2.00 bits per heavy atom. The lowest BCUT2D eigenvalue weighted by molar-refractivity contribution is 0.0695. The van der Waals surface area contributed by atoms with E-state index in [1.165, 1.54) is 12.3 Å². The molecule has 0 N–H and O–H groups in total. The zero-order chi connectivity index (χ0) is 15.5. The quantitative estimate of drug-likeness (QED) is 0.757. The van der Waals surface area contributed by atoms with Crippen molar-refractivity contribution in [1.29, 1.82) is 0 Å². The van der Waals surface area contributed by atoms with Gasteiger partial charge in [-0.1, -0.05) is 6.92 Å². The van der Waals surface area contributed by atoms with Crippen molar-refractivity contribution in [2.24, 2.45) is 0 Å². The number of amides is 1. The molecule has 0 fully saturated rings. The molecule has 0 saturated heterocycles. The molecule has 5 nitrogen and oxygen atoms in total. The normalized spacial score (nSPS) is 11.9. The van der Waals surface area contributed by atoms with E-state index in [1.54, 1.807) is 9.47 Å². The van der Waals surface area contributed by atoms with Crippen LogP contribution >= 0.6 is 10.7 Å². The molecule has 0 saturated carbocycles. The molecule has 20 heavy (non-hydrogen) atoms. The van der Waals surface area contributed by atoms with Crippen LogP contribution in [-0.2, 0) is 15.6 Å². The van der Waals surface area contributed by atoms with Crippen molar-refractivity contribution in [3.63, 3.8) is 0 Å². The smallest absolute Gasteiger partial charge is 0.270 e. The molecule has 0 spiro atoms. The molecule has 0 radical (unpaired) electrons. The van der Waals surface area contributed by atoms with Crippen LogP contribution in [0.25, 0.3) is 0 Å². The minimum absolute atomic E-state index is 0.0374. The highest BCUT2D eigenvalue weighted by atomic mass is 35.7. The summed E-state index contributed by atoms with van der Waals surface area (Å²) in [5.74, 6) is -0.171. The van der Waals surface area contributed by atoms with Gasteiger partial charge in [-0.3, -0.25) is 4.79 Å². The molecular weight excluding hydrogens is 300 g/mol. The third-order valence-corrected chi connectivity index (χ3v) is 4.38. The van der Waals surface area contributed by atoms with Crippen molar-refractivity contribution >= 4 is 25.6 Å². The van der Waals surface area contributed by atoms with Crippen molar-refractivity contribution in [2.75, 3.05) is 6.54 Å². The molecule has 0 unspecified atom stereocenters. The second kappa shape index (κ2) is 6.63. The summed E-state index contributed by atoms with van der Waals surface area (Å²) in [4.78, 5) is 14.3. The Labute approximate surface area is 124 Å². The van der Waals surface area contributed by atoms with Crippen LogP contribution in [0, 0.1) is 0 Å². The van der Waals surface area contributed by atoms with E-state index >= 15 is 0 Å². The van der Waals surface area contributed by atoms with E-state index in [0.717, 1.165) is 6.42 Å². The summed E-state index contributed by atoms with van der Waals surface area (Å²) < 4.78 is 24.4. The number of carbonyl (C=O) groups is 1. The SMILES string of the molecule is CCCN(C(=O)c1cc(S(=O)(=O)Cl)cn1CC)C(C)C. The first-order valence-electron chi connectivity index (χ1n) is 6.68. The van der Waals surface area contributed by atoms with Gasteiger partial charge in [0.1, 0.15) is 10.6 Å². The Hall–Kier alpha value is -1.01. The van der Waals surface area contributed by atoms with E-state index in [4.69, 9.17) is 10.7 Å². The molecule has 0 aliphatic carbocycles. The Balaban J connectivity index is 3.24. The van der Waals surface area contributed by atoms with Crippen LogP contribution in [0.1, 0.15) is 44.6 Å². The Kier molecular flexibility index (Phi) is 5.65. The van der Waals surface area contributed by atoms with E-state index < -0.39 is 9.05 Å². The van der Waals surface area contributed by atoms with Gasteiger partial charge in [-0.15, -0.1) is 0 Å². The maximum Gasteiger partial charge on any atom is 0.270 e. The number of nitrogens with zero attached hydrogens (tertiary/aromatic N) is 2. The highest BCUT2D eigenvalue weighted by Crippen LogP contribution is 2.20. The average molecular weight is 321 g/mol. The summed E-state index contributed by atoms with van der Waals surface area (Å²) in [5.41, 5.74) is 0.355. The van der Waals surface area contributed by atoms with Crippen LogP contribution in [0.4, 0.5) is 0 Å². The van der Waals surface area contributed by atoms with Crippen molar-refractivity contribution < 1.29 is 13.2 Å². The number of halogens is 1. The lowest BCUT2D eigenvalue weighted by Gasteiger charge is -2.26. The Morgan fingerprint density at radius 3 is 2.40 bits per heavy atom. The molecule has 7 heteroatoms. The third-order valence-electron chi connectivity index (χ3n) is 3.06. The van der Waals surface area contributed by atoms with Crippen LogP contribution in [0.2, 0.25) is 0 Å². The monoisotopic (exact) mass is 320 g/mol. The summed E-state index contributed by atoms with van der Waals surface area (Å²) >= 11 is 0. The van der Waals surface area contributed by atoms with Crippen LogP contribution in [0.15, 0.2) is 17.2 Å². The Bertz CT molecular complexity index is 578. The maximum atomic E-state index is 12.6. The van der Waals surface area contributed by atoms with Gasteiger partial charge < -0.3 is 9.47 Å². The fourth-order valence-electron chi connectivity index (χ4n) is 2.04. The minimum atomic E-state index is -3.83. The van der Waals surface area contributed by atoms with Gasteiger partial charge in [0, 0.05) is 36.0 Å². The zero-order valence-electron chi connectivity index (χ0n) is 12.3. The summed E-state index contributed by atoms with van der Waals surface area (Å²) in [6, 6.07) is 1.40. The molecule has 1 aromatic heterocycles. The molecule has 114 valence electrons. The average Bonchev–Trinajstić information content (AvgIpc) is 2.78. The predicted molar refractivity (Wildman–Crippen MR) is 79.6 cm³/mol. The predicted octanol–water partition coefficient (Wildman–Crippen LogP) is 2.70. The second-order valence-electron chi connectivity index (χ2n) is 4.88. The van der Waals surface area contributed by atoms with Crippen molar-refractivity contribution in [3.05, 3.63) is 18.0 Å².